The summed E-state index contributed by atoms with van der Waals surface area (Å²) in [6.45, 7) is 17.8. The van der Waals surface area contributed by atoms with E-state index in [1.54, 1.807) is 25.3 Å². The first-order valence-corrected chi connectivity index (χ1v) is 14.2. The summed E-state index contributed by atoms with van der Waals surface area (Å²) in [5.74, 6) is -0.138. The molecule has 0 unspecified atom stereocenters. The van der Waals surface area contributed by atoms with Crippen LogP contribution in [0.1, 0.15) is 242 Å². The van der Waals surface area contributed by atoms with Crippen molar-refractivity contribution in [2.45, 2.75) is 84.1 Å². The van der Waals surface area contributed by atoms with Crippen molar-refractivity contribution in [2.75, 3.05) is 19.3 Å². The van der Waals surface area contributed by atoms with Crippen molar-refractivity contribution in [3.05, 3.63) is 64.3 Å². The smallest absolute Gasteiger partial charge is 0.178 e. The lowest BCUT2D eigenvalue weighted by atomic mass is 9.57. The first-order chi connectivity index (χ1) is 20.4. The van der Waals surface area contributed by atoms with E-state index in [0.717, 1.165) is 29.7 Å². The lowest BCUT2D eigenvalue weighted by Crippen LogP contribution is -2.59. The van der Waals surface area contributed by atoms with Gasteiger partial charge in [0.2, 0.25) is 0 Å². The SMILES string of the molecule is [2H][2H].[2H][2H].[2H][2H].[2H]c1c(CCS(=O)(=O)c2ccc(C)c(C)c2)c(C)c([2H])c2c1c(C(C)(C)[C@]1(C)N(C)CCC1(C)C)cn2[2H].[HH].[HH].[HH].[HH].[HH].[HH].[HH].[HH].[HH].[HH].[HH].[HH].[HH].[HH].[HH].[HH].[HH].[HH].[HH].[HH].[HH].[HH].[HH].[HH].[HH].[HH].[HH].[HH].[HH].[HH].[HH].[HH].[HH].[HH].[HH].[HH].[HH].[HH].[HH].[HH].[HH].[HH].[HH].[HH].[HH].[HH].[HH].[HH].[HH].[HH].[HH].[HH].[HH].[HH].[HH].[HH].[HH].[HH].[HH].[HH].[HH].[HH].[HH].[HH].[HH].[HH].[HH].[HH].[HH].[HH].[HH].[HH].[HH].[HH].[HH].[HH].[HH].[HH].[HH].[HH].[HH].[HH].[HH].[HH].[HH].[HH].[HH].[HH].[HH].[HH].[HH].[HH].[HH].[HH].[HH].[HH].[HH].[HH].[HH].[HH].[HH].[HH].[HH].[HH].[HH].[HH].[HH].[HH].[HH].[HH].[HH].[HH].[HH]. The van der Waals surface area contributed by atoms with Crippen LogP contribution in [0.15, 0.2) is 41.4 Å². The molecule has 1 aliphatic heterocycles. The van der Waals surface area contributed by atoms with Crippen LogP contribution in [0.4, 0.5) is 0 Å². The Bertz CT molecular complexity index is 1640. The molecule has 5 heteroatoms. The number of hydrogen-bond donors (Lipinski definition) is 1. The van der Waals surface area contributed by atoms with Crippen LogP contribution in [0.5, 0.6) is 0 Å². The Hall–Kier alpha value is -2.11. The van der Waals surface area contributed by atoms with Crippen LogP contribution in [0.3, 0.4) is 0 Å². The van der Waals surface area contributed by atoms with Crippen molar-refractivity contribution in [1.29, 1.82) is 0 Å². The molecule has 4 rings (SSSR count). The van der Waals surface area contributed by atoms with Gasteiger partial charge in [-0.3, -0.25) is 4.90 Å². The van der Waals surface area contributed by atoms with E-state index in [9.17, 15) is 9.79 Å². The predicted octanol–water partition coefficient (Wildman–Crippen LogP) is 35.0. The fourth-order valence-electron chi connectivity index (χ4n) is 6.11. The van der Waals surface area contributed by atoms with Crippen LogP contribution in [0.25, 0.3) is 10.9 Å². The van der Waals surface area contributed by atoms with Gasteiger partial charge >= 0.3 is 0 Å². The number of rotatable bonds is 6. The molecule has 422 valence electrons. The summed E-state index contributed by atoms with van der Waals surface area (Å²) in [6.07, 6.45) is 2.96. The second-order valence-electron chi connectivity index (χ2n) is 11.8. The van der Waals surface area contributed by atoms with Crippen LogP contribution in [-0.2, 0) is 21.7 Å². The van der Waals surface area contributed by atoms with Gasteiger partial charge in [-0.05, 0) is 112 Å². The third-order valence-electron chi connectivity index (χ3n) is 9.37. The van der Waals surface area contributed by atoms with Crippen LogP contribution in [-0.4, -0.2) is 43.2 Å². The monoisotopic (exact) mass is 737 g/mol. The number of fused-ring (bicyclic) bond motifs is 1. The molecule has 0 aliphatic carbocycles. The first-order valence-electron chi connectivity index (χ1n) is 17.0. The van der Waals surface area contributed by atoms with Gasteiger partial charge in [-0.15, -0.1) is 0 Å². The van der Waals surface area contributed by atoms with Crippen molar-refractivity contribution in [3.8, 4) is 0 Å². The van der Waals surface area contributed by atoms with E-state index in [0.29, 0.717) is 22.0 Å². The molecule has 1 aromatic heterocycles. The highest BCUT2D eigenvalue weighted by Gasteiger charge is 2.58. The quantitative estimate of drug-likeness (QED) is 0.274. The van der Waals surface area contributed by atoms with E-state index >= 15 is 0 Å². The Kier molecular flexibility index (Phi) is 4.62. The Labute approximate surface area is 393 Å². The van der Waals surface area contributed by atoms with Gasteiger partial charge in [-0.2, -0.15) is 0 Å². The van der Waals surface area contributed by atoms with E-state index in [4.69, 9.17) is 11.7 Å². The molecule has 0 amide bonds. The summed E-state index contributed by atoms with van der Waals surface area (Å²) in [5.41, 5.74) is 3.66. The Balaban J connectivity index is -0.00000000144. The molecule has 35 heavy (non-hydrogen) atoms. The van der Waals surface area contributed by atoms with Crippen molar-refractivity contribution < 1.29 is 183 Å². The lowest BCUT2D eigenvalue weighted by Gasteiger charge is -2.53. The van der Waals surface area contributed by atoms with Gasteiger partial charge in [0.1, 0.15) is 0 Å². The maximum Gasteiger partial charge on any atom is 0.178 e. The molecule has 1 atom stereocenters. The molecule has 1 fully saturated rings. The Morgan fingerprint density at radius 2 is 1.89 bits per heavy atom. The average Bonchev–Trinajstić information content (AvgIpc) is 3.46. The van der Waals surface area contributed by atoms with E-state index in [1.807, 2.05) is 19.9 Å². The Morgan fingerprint density at radius 1 is 1.20 bits per heavy atom. The number of likely N-dealkylation sites (N-methyl/N-ethyl adjacent to an activating group) is 1. The van der Waals surface area contributed by atoms with Gasteiger partial charge in [0.15, 0.2) is 11.2 Å². The van der Waals surface area contributed by atoms with Crippen LogP contribution in [0, 0.1) is 26.2 Å². The van der Waals surface area contributed by atoms with Crippen molar-refractivity contribution in [2.24, 2.45) is 5.41 Å². The van der Waals surface area contributed by atoms with Gasteiger partial charge in [0.05, 0.1) is 13.4 Å². The highest BCUT2D eigenvalue weighted by molar-refractivity contribution is 7.91. The van der Waals surface area contributed by atoms with Gasteiger partial charge in [-0.1, -0.05) is 33.8 Å². The van der Waals surface area contributed by atoms with Crippen LogP contribution in [0.2, 0.25) is 1.41 Å². The molecule has 4 nitrogen and oxygen atoms in total. The number of hydrogen-bond acceptors (Lipinski definition) is 3. The van der Waals surface area contributed by atoms with E-state index < -0.39 is 15.3 Å². The largest absolute Gasteiger partial charge is 0.361 e. The molecule has 3 aromatic rings. The number of likely N-dealkylation sites (tertiary alicyclic amines) is 1. The van der Waals surface area contributed by atoms with Crippen LogP contribution >= 0.6 is 0 Å². The predicted molar refractivity (Wildman–Crippen MR) is 392 cm³/mol. The number of aryl methyl sites for hydroxylation is 2. The van der Waals surface area contributed by atoms with Gasteiger partial charge in [0.25, 0.3) is 0 Å². The summed E-state index contributed by atoms with van der Waals surface area (Å²) in [4.78, 5) is 3.91. The summed E-state index contributed by atoms with van der Waals surface area (Å²) in [7, 11) is -1.43. The maximum atomic E-state index is 13.2. The molecule has 0 saturated carbocycles. The average molecular weight is 738 g/mol. The molecule has 1 N–H and O–H groups in total. The van der Waals surface area contributed by atoms with Crippen LogP contribution < -0.4 is 0 Å². The van der Waals surface area contributed by atoms with E-state index in [2.05, 4.69) is 46.6 Å². The minimum absolute atomic E-state index is 0. The topological polar surface area (TPSA) is 53.2 Å². The fourth-order valence-corrected chi connectivity index (χ4v) is 7.45. The number of nitrogens with one attached hydrogen (secondary N) is 1. The van der Waals surface area contributed by atoms with Crippen molar-refractivity contribution in [1.82, 2.24) is 9.88 Å². The fraction of sp³-hybridized carbons (Fsp3) is 0.533. The third kappa shape index (κ3) is 4.05. The number of aromatic amines is 1. The number of sulfone groups is 1. The minimum atomic E-state index is -3.57. The van der Waals surface area contributed by atoms with E-state index in [-0.39, 0.29) is 201 Å². The Morgan fingerprint density at radius 3 is 2.49 bits per heavy atom. The van der Waals surface area contributed by atoms with Crippen molar-refractivity contribution in [3.63, 3.8) is 0 Å². The zero-order valence-corrected chi connectivity index (χ0v) is 23.6. The normalized spacial score (nSPS) is 23.1. The molecular weight excluding hydrogens is 452 g/mol. The molecular formula is C30H274N2O2S. The van der Waals surface area contributed by atoms with Gasteiger partial charge in [-0.25, -0.2) is 8.42 Å². The number of aromatic nitrogens is 1. The zero-order valence-electron chi connectivity index (χ0n) is 31.8. The molecule has 0 bridgehead atoms. The summed E-state index contributed by atoms with van der Waals surface area (Å²) >= 11 is 0. The highest BCUT2D eigenvalue weighted by atomic mass is 32.2. The first kappa shape index (κ1) is 19.1. The molecule has 0 spiro atoms. The number of H-pyrrole nitrogens is 1. The number of benzene rings is 2. The zero-order chi connectivity index (χ0) is 34.6. The molecule has 1 aliphatic rings. The van der Waals surface area contributed by atoms with Gasteiger partial charge < -0.3 is 4.98 Å². The highest BCUT2D eigenvalue weighted by Crippen LogP contribution is 2.55. The minimum Gasteiger partial charge on any atom is -0.361 e. The molecule has 0 radical (unpaired) electrons. The molecule has 2 heterocycles. The molecule has 2 aromatic carbocycles. The summed E-state index contributed by atoms with van der Waals surface area (Å²) in [5, 5.41) is 0.594. The third-order valence-corrected chi connectivity index (χ3v) is 11.1. The van der Waals surface area contributed by atoms with Gasteiger partial charge in [0, 0.05) is 198 Å². The van der Waals surface area contributed by atoms with E-state index in [1.165, 1.54) is 4.98 Å². The van der Waals surface area contributed by atoms with Crippen molar-refractivity contribution >= 4 is 20.7 Å². The second-order valence-corrected chi connectivity index (χ2v) is 13.9. The molecule has 1 saturated heterocycles. The summed E-state index contributed by atoms with van der Waals surface area (Å²) in [6, 6.07) is 5.60. The lowest BCUT2D eigenvalue weighted by molar-refractivity contribution is 0.0234. The number of nitrogens with zero attached hydrogens (tertiary/aromatic N) is 1. The summed E-state index contributed by atoms with van der Waals surface area (Å²) < 4.78 is 83.4. The second kappa shape index (κ2) is 8.48. The maximum absolute atomic E-state index is 13.2. The standard InChI is InChI=1S/C30H42N2O2S.116H2/c1-20-10-11-24(16-21(20)2)35(33,34)15-12-23-18-25-26(19-31-27(25)17-22(23)3)29(6,7)30(8)28(4,5)13-14-32(30)9;;;;;;;;;;;;;;;;;;;;;;;;;;;;;;;;;;;;;;;;;;;;;;;;;;;;;;;;;;;;;;;;;;;;;;;;;;;;;;;;;;;;;;;;;;;;;;;;;;;;;;;;;;;;;;;;;;;;/h10-11,16-19,31H,12-15H2,1-9H3;116*1H/t30-;;;;;;;;;;;;;;;;;;;;;;;;;;;;;;;;;;;;;;;;;;;;;;;;;;;;;;;;;;;;;;;;;;;;;;;;;;;;;;;;;;;;;;;;;;;;;;;;;;;;;;;;;;;;;;;;;;;;/m1..................................................................................................................../s1/i17D,18D;3*1+1D;;;;;;;;;;;;;;;;;;;;;;;;;;;;;;;;;;;;;;;;;;;;;;;;;;;;;;;;;;;;;;;;;;;;;;;;;;;;;;;;;;;;;;;;;;;;;;;;;;;;;;;;;;;;;;;;;/hD.